The van der Waals surface area contributed by atoms with E-state index in [2.05, 4.69) is 5.32 Å². The first-order valence-electron chi connectivity index (χ1n) is 7.61. The van der Waals surface area contributed by atoms with Crippen LogP contribution >= 0.6 is 0 Å². The van der Waals surface area contributed by atoms with Crippen molar-refractivity contribution in [3.8, 4) is 0 Å². The Bertz CT molecular complexity index is 270. The second-order valence-corrected chi connectivity index (χ2v) is 6.41. The van der Waals surface area contributed by atoms with Crippen LogP contribution in [-0.2, 0) is 4.74 Å². The number of hydrogen-bond donors (Lipinski definition) is 1. The molecule has 0 aliphatic heterocycles. The molecule has 0 heterocycles. The maximum atomic E-state index is 11.9. The van der Waals surface area contributed by atoms with Crippen LogP contribution in [0.4, 0.5) is 4.79 Å². The molecule has 1 N–H and O–H groups in total. The van der Waals surface area contributed by atoms with Crippen LogP contribution in [0.25, 0.3) is 0 Å². The number of carbonyl (C=O) groups is 1. The highest BCUT2D eigenvalue weighted by atomic mass is 16.6. The second kappa shape index (κ2) is 7.73. The van der Waals surface area contributed by atoms with Crippen molar-refractivity contribution in [3.05, 3.63) is 0 Å². The molecule has 0 bridgehead atoms. The number of rotatable bonds is 7. The van der Waals surface area contributed by atoms with E-state index in [4.69, 9.17) is 4.74 Å². The van der Waals surface area contributed by atoms with Gasteiger partial charge >= 0.3 is 6.09 Å². The summed E-state index contributed by atoms with van der Waals surface area (Å²) in [6.07, 6.45) is 4.95. The van der Waals surface area contributed by atoms with E-state index in [0.29, 0.717) is 6.54 Å². The van der Waals surface area contributed by atoms with Crippen molar-refractivity contribution in [2.45, 2.75) is 59.0 Å². The van der Waals surface area contributed by atoms with Crippen molar-refractivity contribution < 1.29 is 9.53 Å². The number of carbonyl (C=O) groups excluding carboxylic acids is 1. The highest BCUT2D eigenvalue weighted by Crippen LogP contribution is 2.25. The molecule has 1 fully saturated rings. The lowest BCUT2D eigenvalue weighted by Gasteiger charge is -2.27. The topological polar surface area (TPSA) is 41.6 Å². The summed E-state index contributed by atoms with van der Waals surface area (Å²) in [7, 11) is 0. The molecule has 0 aromatic rings. The molecule has 0 unspecified atom stereocenters. The number of hydrogen-bond acceptors (Lipinski definition) is 3. The van der Waals surface area contributed by atoms with E-state index in [1.165, 1.54) is 19.3 Å². The van der Waals surface area contributed by atoms with Crippen LogP contribution in [0.15, 0.2) is 0 Å². The molecule has 112 valence electrons. The fourth-order valence-corrected chi connectivity index (χ4v) is 2.10. The standard InChI is InChI=1S/C15H30N2O2/c1-5-17(14(18)19-15(2,3)4)11-7-10-16-12-13-8-6-9-13/h13,16H,5-12H2,1-4H3. The summed E-state index contributed by atoms with van der Waals surface area (Å²) in [4.78, 5) is 13.7. The Morgan fingerprint density at radius 3 is 2.53 bits per heavy atom. The Labute approximate surface area is 117 Å². The third-order valence-electron chi connectivity index (χ3n) is 3.47. The molecule has 1 saturated carbocycles. The quantitative estimate of drug-likeness (QED) is 0.723. The fraction of sp³-hybridized carbons (Fsp3) is 0.933. The first-order valence-corrected chi connectivity index (χ1v) is 7.61. The lowest BCUT2D eigenvalue weighted by Crippen LogP contribution is -2.38. The van der Waals surface area contributed by atoms with Crippen molar-refractivity contribution in [2.75, 3.05) is 26.2 Å². The SMILES string of the molecule is CCN(CCCNCC1CCC1)C(=O)OC(C)(C)C. The van der Waals surface area contributed by atoms with E-state index < -0.39 is 5.60 Å². The molecule has 19 heavy (non-hydrogen) atoms. The molecular weight excluding hydrogens is 240 g/mol. The summed E-state index contributed by atoms with van der Waals surface area (Å²) < 4.78 is 5.38. The molecule has 4 heteroatoms. The zero-order chi connectivity index (χ0) is 14.3. The predicted molar refractivity (Wildman–Crippen MR) is 78.3 cm³/mol. The van der Waals surface area contributed by atoms with Gasteiger partial charge in [-0.3, -0.25) is 0 Å². The lowest BCUT2D eigenvalue weighted by atomic mass is 9.85. The van der Waals surface area contributed by atoms with Crippen LogP contribution in [0.2, 0.25) is 0 Å². The summed E-state index contributed by atoms with van der Waals surface area (Å²) in [5.41, 5.74) is -0.410. The molecule has 0 atom stereocenters. The minimum atomic E-state index is -0.410. The fourth-order valence-electron chi connectivity index (χ4n) is 2.10. The Morgan fingerprint density at radius 2 is 2.05 bits per heavy atom. The third kappa shape index (κ3) is 6.81. The third-order valence-corrected chi connectivity index (χ3v) is 3.47. The molecule has 1 aliphatic carbocycles. The Balaban J connectivity index is 2.11. The average molecular weight is 270 g/mol. The minimum Gasteiger partial charge on any atom is -0.444 e. The van der Waals surface area contributed by atoms with Crippen molar-refractivity contribution in [2.24, 2.45) is 5.92 Å². The predicted octanol–water partition coefficient (Wildman–Crippen LogP) is 3.02. The van der Waals surface area contributed by atoms with E-state index >= 15 is 0 Å². The molecule has 0 aromatic carbocycles. The van der Waals surface area contributed by atoms with E-state index in [0.717, 1.165) is 32.0 Å². The van der Waals surface area contributed by atoms with Gasteiger partial charge in [-0.15, -0.1) is 0 Å². The number of ether oxygens (including phenoxy) is 1. The first kappa shape index (κ1) is 16.3. The summed E-state index contributed by atoms with van der Waals surface area (Å²) in [6, 6.07) is 0. The number of nitrogens with one attached hydrogen (secondary N) is 1. The van der Waals surface area contributed by atoms with Crippen LogP contribution in [0.5, 0.6) is 0 Å². The van der Waals surface area contributed by atoms with Crippen LogP contribution in [0, 0.1) is 5.92 Å². The van der Waals surface area contributed by atoms with E-state index in [9.17, 15) is 4.79 Å². The van der Waals surface area contributed by atoms with Gasteiger partial charge in [-0.05, 0) is 66.0 Å². The van der Waals surface area contributed by atoms with E-state index in [-0.39, 0.29) is 6.09 Å². The van der Waals surface area contributed by atoms with Gasteiger partial charge in [-0.25, -0.2) is 4.79 Å². The zero-order valence-corrected chi connectivity index (χ0v) is 13.0. The van der Waals surface area contributed by atoms with Crippen molar-refractivity contribution >= 4 is 6.09 Å². The molecule has 0 radical (unpaired) electrons. The van der Waals surface area contributed by atoms with Crippen LogP contribution in [-0.4, -0.2) is 42.8 Å². The number of amides is 1. The largest absolute Gasteiger partial charge is 0.444 e. The maximum Gasteiger partial charge on any atom is 0.410 e. The minimum absolute atomic E-state index is 0.200. The Morgan fingerprint density at radius 1 is 1.37 bits per heavy atom. The Kier molecular flexibility index (Phi) is 6.63. The maximum absolute atomic E-state index is 11.9. The molecule has 0 aromatic heterocycles. The van der Waals surface area contributed by atoms with Crippen molar-refractivity contribution in [1.82, 2.24) is 10.2 Å². The van der Waals surface area contributed by atoms with Gasteiger partial charge in [0.15, 0.2) is 0 Å². The number of nitrogens with zero attached hydrogens (tertiary/aromatic N) is 1. The average Bonchev–Trinajstić information content (AvgIpc) is 2.23. The van der Waals surface area contributed by atoms with Gasteiger partial charge in [0.1, 0.15) is 5.60 Å². The summed E-state index contributed by atoms with van der Waals surface area (Å²) in [5.74, 6) is 0.896. The van der Waals surface area contributed by atoms with Gasteiger partial charge in [-0.2, -0.15) is 0 Å². The van der Waals surface area contributed by atoms with Crippen molar-refractivity contribution in [3.63, 3.8) is 0 Å². The molecule has 0 spiro atoms. The highest BCUT2D eigenvalue weighted by Gasteiger charge is 2.20. The summed E-state index contributed by atoms with van der Waals surface area (Å²) >= 11 is 0. The molecular formula is C15H30N2O2. The van der Waals surface area contributed by atoms with Crippen LogP contribution in [0.1, 0.15) is 53.4 Å². The van der Waals surface area contributed by atoms with Crippen LogP contribution in [0.3, 0.4) is 0 Å². The Hall–Kier alpha value is -0.770. The van der Waals surface area contributed by atoms with Crippen LogP contribution < -0.4 is 5.32 Å². The molecule has 0 saturated heterocycles. The molecule has 1 rings (SSSR count). The monoisotopic (exact) mass is 270 g/mol. The molecule has 4 nitrogen and oxygen atoms in total. The molecule has 1 amide bonds. The summed E-state index contributed by atoms with van der Waals surface area (Å²) in [5, 5.41) is 3.48. The van der Waals surface area contributed by atoms with E-state index in [1.807, 2.05) is 27.7 Å². The van der Waals surface area contributed by atoms with Gasteiger partial charge in [0.25, 0.3) is 0 Å². The summed E-state index contributed by atoms with van der Waals surface area (Å²) in [6.45, 7) is 11.3. The van der Waals surface area contributed by atoms with Gasteiger partial charge < -0.3 is 15.0 Å². The van der Waals surface area contributed by atoms with Gasteiger partial charge in [0.2, 0.25) is 0 Å². The normalized spacial score (nSPS) is 16.0. The van der Waals surface area contributed by atoms with E-state index in [1.54, 1.807) is 4.90 Å². The molecule has 1 aliphatic rings. The highest BCUT2D eigenvalue weighted by molar-refractivity contribution is 5.68. The van der Waals surface area contributed by atoms with Gasteiger partial charge in [-0.1, -0.05) is 6.42 Å². The van der Waals surface area contributed by atoms with Gasteiger partial charge in [0.05, 0.1) is 0 Å². The lowest BCUT2D eigenvalue weighted by molar-refractivity contribution is 0.0258. The van der Waals surface area contributed by atoms with Gasteiger partial charge in [0, 0.05) is 13.1 Å². The van der Waals surface area contributed by atoms with Crippen molar-refractivity contribution in [1.29, 1.82) is 0 Å². The smallest absolute Gasteiger partial charge is 0.410 e. The second-order valence-electron chi connectivity index (χ2n) is 6.41. The zero-order valence-electron chi connectivity index (χ0n) is 13.0. The first-order chi connectivity index (χ1) is 8.92.